The van der Waals surface area contributed by atoms with Crippen molar-refractivity contribution in [2.45, 2.75) is 12.1 Å². The van der Waals surface area contributed by atoms with Gasteiger partial charge in [-0.25, -0.2) is 0 Å². The molecule has 1 unspecified atom stereocenters. The Bertz CT molecular complexity index is 404. The van der Waals surface area contributed by atoms with Crippen molar-refractivity contribution in [3.63, 3.8) is 0 Å². The number of aliphatic hydroxyl groups excluding tert-OH is 1. The van der Waals surface area contributed by atoms with E-state index in [1.165, 1.54) is 21.3 Å². The minimum absolute atomic E-state index is 0.00304. The van der Waals surface area contributed by atoms with Gasteiger partial charge in [0.1, 0.15) is 0 Å². The first-order valence-electron chi connectivity index (χ1n) is 11.0. The fraction of sp³-hybridized carbons (Fsp3) is 1.00. The third-order valence-electron chi connectivity index (χ3n) is 4.32. The number of hydrogen-bond acceptors (Lipinski definition) is 12. The van der Waals surface area contributed by atoms with E-state index in [0.29, 0.717) is 85.9 Å². The van der Waals surface area contributed by atoms with E-state index in [0.717, 1.165) is 0 Å². The highest BCUT2D eigenvalue weighted by molar-refractivity contribution is 6.63. The normalized spacial score (nSPS) is 14.0. The average molecular weight is 505 g/mol. The van der Waals surface area contributed by atoms with Crippen LogP contribution in [0.2, 0.25) is 0 Å². The van der Waals surface area contributed by atoms with Crippen LogP contribution in [0, 0.1) is 0 Å². The van der Waals surface area contributed by atoms with Crippen LogP contribution >= 0.6 is 0 Å². The molecule has 2 N–H and O–H groups in total. The quantitative estimate of drug-likeness (QED) is 0.114. The zero-order chi connectivity index (χ0) is 24.7. The summed E-state index contributed by atoms with van der Waals surface area (Å²) in [5.74, 6) is 0. The van der Waals surface area contributed by atoms with E-state index in [9.17, 15) is 5.11 Å². The van der Waals surface area contributed by atoms with Crippen LogP contribution in [0.4, 0.5) is 0 Å². The molecule has 0 fully saturated rings. The van der Waals surface area contributed by atoms with Crippen LogP contribution in [0.25, 0.3) is 0 Å². The minimum Gasteiger partial charge on any atom is -0.394 e. The molecule has 13 heteroatoms. The summed E-state index contributed by atoms with van der Waals surface area (Å²) < 4.78 is 53.3. The highest BCUT2D eigenvalue weighted by Crippen LogP contribution is 2.23. The molecular weight excluding hydrogens is 460 g/mol. The molecule has 0 aromatic rings. The number of rotatable bonds is 26. The first kappa shape index (κ1) is 32.7. The molecule has 0 amide bonds. The molecule has 0 aromatic carbocycles. The van der Waals surface area contributed by atoms with Crippen molar-refractivity contribution in [3.8, 4) is 0 Å². The lowest BCUT2D eigenvalue weighted by atomic mass is 10.4. The predicted molar refractivity (Wildman–Crippen MR) is 120 cm³/mol. The first-order chi connectivity index (χ1) is 16.0. The topological polar surface area (TPSA) is 133 Å². The van der Waals surface area contributed by atoms with E-state index < -0.39 is 14.0 Å². The van der Waals surface area contributed by atoms with Crippen molar-refractivity contribution in [3.05, 3.63) is 0 Å². The van der Waals surface area contributed by atoms with Gasteiger partial charge in [0, 0.05) is 21.3 Å². The largest absolute Gasteiger partial charge is 0.535 e. The molecule has 33 heavy (non-hydrogen) atoms. The summed E-state index contributed by atoms with van der Waals surface area (Å²) in [5, 5.41) is 17.7. The molecule has 0 aliphatic rings. The molecule has 0 heterocycles. The van der Waals surface area contributed by atoms with Crippen molar-refractivity contribution in [2.24, 2.45) is 0 Å². The van der Waals surface area contributed by atoms with Gasteiger partial charge < -0.3 is 56.6 Å². The molecule has 0 aliphatic heterocycles. The van der Waals surface area contributed by atoms with Crippen LogP contribution in [0.3, 0.4) is 0 Å². The van der Waals surface area contributed by atoms with Gasteiger partial charge in [-0.05, 0) is 6.92 Å². The SMILES string of the molecule is CO[Si](OC)(OC)C(C)(O)COCCOCCOCCOCCOCCOCCOCCO. The molecule has 0 saturated carbocycles. The molecule has 0 aromatic heterocycles. The summed E-state index contributed by atoms with van der Waals surface area (Å²) in [6.07, 6.45) is 0. The van der Waals surface area contributed by atoms with E-state index in [1.54, 1.807) is 6.92 Å². The minimum atomic E-state index is -3.23. The smallest absolute Gasteiger partial charge is 0.394 e. The second-order valence-electron chi connectivity index (χ2n) is 6.89. The Kier molecular flexibility index (Phi) is 22.0. The Hall–Kier alpha value is -0.263. The Morgan fingerprint density at radius 2 is 0.788 bits per heavy atom. The molecule has 0 rings (SSSR count). The van der Waals surface area contributed by atoms with Crippen LogP contribution in [0.15, 0.2) is 0 Å². The summed E-state index contributed by atoms with van der Waals surface area (Å²) in [6, 6.07) is 0. The fourth-order valence-corrected chi connectivity index (χ4v) is 4.75. The van der Waals surface area contributed by atoms with Crippen molar-refractivity contribution in [1.82, 2.24) is 0 Å². The van der Waals surface area contributed by atoms with Crippen molar-refractivity contribution >= 4 is 8.80 Å². The summed E-state index contributed by atoms with van der Waals surface area (Å²) >= 11 is 0. The lowest BCUT2D eigenvalue weighted by Gasteiger charge is -2.36. The predicted octanol–water partition coefficient (Wildman–Crippen LogP) is -0.737. The summed E-state index contributed by atoms with van der Waals surface area (Å²) in [5.41, 5.74) is 0. The molecule has 0 spiro atoms. The summed E-state index contributed by atoms with van der Waals surface area (Å²) in [4.78, 5) is 0. The molecule has 0 saturated heterocycles. The van der Waals surface area contributed by atoms with Gasteiger partial charge in [-0.1, -0.05) is 0 Å². The maximum absolute atomic E-state index is 10.5. The maximum Gasteiger partial charge on any atom is 0.535 e. The maximum atomic E-state index is 10.5. The van der Waals surface area contributed by atoms with Crippen molar-refractivity contribution in [1.29, 1.82) is 0 Å². The third kappa shape index (κ3) is 16.1. The van der Waals surface area contributed by atoms with Gasteiger partial charge >= 0.3 is 8.80 Å². The van der Waals surface area contributed by atoms with E-state index in [-0.39, 0.29) is 13.2 Å². The van der Waals surface area contributed by atoms with Gasteiger partial charge in [-0.15, -0.1) is 0 Å². The van der Waals surface area contributed by atoms with Gasteiger partial charge in [-0.2, -0.15) is 0 Å². The highest BCUT2D eigenvalue weighted by Gasteiger charge is 2.56. The van der Waals surface area contributed by atoms with Gasteiger partial charge in [0.25, 0.3) is 0 Å². The Morgan fingerprint density at radius 3 is 1.06 bits per heavy atom. The Labute approximate surface area is 198 Å². The zero-order valence-electron chi connectivity index (χ0n) is 20.6. The number of hydrogen-bond donors (Lipinski definition) is 2. The van der Waals surface area contributed by atoms with Gasteiger partial charge in [0.05, 0.1) is 99.1 Å². The van der Waals surface area contributed by atoms with E-state index in [2.05, 4.69) is 0 Å². The summed E-state index contributed by atoms with van der Waals surface area (Å²) in [6.45, 7) is 7.33. The second-order valence-corrected chi connectivity index (χ2v) is 10.3. The van der Waals surface area contributed by atoms with Crippen LogP contribution in [-0.4, -0.2) is 145 Å². The fourth-order valence-electron chi connectivity index (χ4n) is 2.65. The van der Waals surface area contributed by atoms with Crippen molar-refractivity contribution < 1.29 is 56.6 Å². The highest BCUT2D eigenvalue weighted by atomic mass is 28.4. The van der Waals surface area contributed by atoms with Crippen LogP contribution in [-0.2, 0) is 46.4 Å². The molecule has 1 atom stereocenters. The second kappa shape index (κ2) is 22.2. The standard InChI is InChI=1S/C20H44O12Si/c1-20(22,33(23-2,24-3)25-4)19-32-18-17-31-16-15-30-14-13-29-12-11-28-10-9-27-8-7-26-6-5-21/h21-22H,5-19H2,1-4H3. The molecule has 12 nitrogen and oxygen atoms in total. The van der Waals surface area contributed by atoms with Crippen LogP contribution < -0.4 is 0 Å². The first-order valence-corrected chi connectivity index (χ1v) is 12.7. The van der Waals surface area contributed by atoms with Gasteiger partial charge in [-0.3, -0.25) is 0 Å². The van der Waals surface area contributed by atoms with Gasteiger partial charge in [0.2, 0.25) is 0 Å². The summed E-state index contributed by atoms with van der Waals surface area (Å²) in [7, 11) is 1.09. The molecule has 0 bridgehead atoms. The number of aliphatic hydroxyl groups is 2. The average Bonchev–Trinajstić information content (AvgIpc) is 2.81. The lowest BCUT2D eigenvalue weighted by Crippen LogP contribution is -2.64. The molecule has 200 valence electrons. The monoisotopic (exact) mass is 504 g/mol. The Morgan fingerprint density at radius 1 is 0.515 bits per heavy atom. The van der Waals surface area contributed by atoms with E-state index in [1.807, 2.05) is 0 Å². The zero-order valence-corrected chi connectivity index (χ0v) is 21.6. The lowest BCUT2D eigenvalue weighted by molar-refractivity contribution is -0.0601. The van der Waals surface area contributed by atoms with Crippen molar-refractivity contribution in [2.75, 3.05) is 120 Å². The molecule has 0 radical (unpaired) electrons. The van der Waals surface area contributed by atoms with E-state index in [4.69, 9.17) is 51.5 Å². The third-order valence-corrected chi connectivity index (χ3v) is 7.39. The molecular formula is C20H44O12Si. The van der Waals surface area contributed by atoms with Crippen LogP contribution in [0.1, 0.15) is 6.92 Å². The van der Waals surface area contributed by atoms with E-state index >= 15 is 0 Å². The van der Waals surface area contributed by atoms with Crippen LogP contribution in [0.5, 0.6) is 0 Å². The molecule has 0 aliphatic carbocycles. The number of ether oxygens (including phenoxy) is 7. The van der Waals surface area contributed by atoms with Gasteiger partial charge in [0.15, 0.2) is 5.22 Å². The Balaban J connectivity index is 3.36.